The van der Waals surface area contributed by atoms with Crippen molar-refractivity contribution in [1.82, 2.24) is 29.8 Å². The van der Waals surface area contributed by atoms with Crippen molar-refractivity contribution in [2.24, 2.45) is 0 Å². The first kappa shape index (κ1) is 29.6. The first-order valence-corrected chi connectivity index (χ1v) is 14.1. The number of carboxylic acids is 1. The van der Waals surface area contributed by atoms with Crippen LogP contribution in [0.2, 0.25) is 0 Å². The third kappa shape index (κ3) is 5.86. The molecular formula is C32H25N7O7. The molecule has 0 unspecified atom stereocenters. The normalized spacial score (nSPS) is 11.0. The largest absolute Gasteiger partial charge is 0.478 e. The number of hydrogen-bond acceptors (Lipinski definition) is 10. The maximum atomic E-state index is 13.2. The van der Waals surface area contributed by atoms with Crippen LogP contribution < -0.4 is 4.74 Å². The molecule has 0 fully saturated rings. The van der Waals surface area contributed by atoms with Crippen LogP contribution in [0.4, 0.5) is 0 Å². The zero-order valence-corrected chi connectivity index (χ0v) is 24.3. The molecule has 1 N–H and O–H groups in total. The fourth-order valence-electron chi connectivity index (χ4n) is 5.12. The van der Waals surface area contributed by atoms with Crippen molar-refractivity contribution < 1.29 is 29.4 Å². The number of imidazole rings is 1. The Labute approximate surface area is 260 Å². The highest BCUT2D eigenvalue weighted by Crippen LogP contribution is 2.31. The van der Waals surface area contributed by atoms with Gasteiger partial charge in [-0.15, -0.1) is 20.3 Å². The van der Waals surface area contributed by atoms with Gasteiger partial charge in [-0.3, -0.25) is 9.36 Å². The number of para-hydroxylation sites is 1. The number of aromatic carboxylic acids is 1. The second kappa shape index (κ2) is 12.7. The van der Waals surface area contributed by atoms with Crippen LogP contribution in [0.1, 0.15) is 38.8 Å². The Balaban J connectivity index is 1.28. The van der Waals surface area contributed by atoms with Crippen LogP contribution >= 0.6 is 0 Å². The van der Waals surface area contributed by atoms with E-state index >= 15 is 0 Å². The number of carboxylic acid groups (broad SMARTS) is 1. The van der Waals surface area contributed by atoms with Crippen LogP contribution in [0.15, 0.2) is 91.0 Å². The second-order valence-corrected chi connectivity index (χ2v) is 10.00. The van der Waals surface area contributed by atoms with Gasteiger partial charge in [-0.25, -0.2) is 4.79 Å². The molecule has 14 heteroatoms. The summed E-state index contributed by atoms with van der Waals surface area (Å²) in [4.78, 5) is 45.6. The van der Waals surface area contributed by atoms with Crippen LogP contribution in [0.5, 0.6) is 6.01 Å². The van der Waals surface area contributed by atoms with Gasteiger partial charge in [0, 0.05) is 11.1 Å². The van der Waals surface area contributed by atoms with Crippen LogP contribution in [0.25, 0.3) is 33.5 Å². The Bertz CT molecular complexity index is 2090. The van der Waals surface area contributed by atoms with Crippen LogP contribution in [-0.2, 0) is 18.0 Å². The van der Waals surface area contributed by atoms with E-state index in [9.17, 15) is 24.8 Å². The lowest BCUT2D eigenvalue weighted by Gasteiger charge is -2.12. The number of benzene rings is 4. The monoisotopic (exact) mass is 619 g/mol. The highest BCUT2D eigenvalue weighted by molar-refractivity contribution is 6.01. The average Bonchev–Trinajstić information content (AvgIpc) is 3.69. The van der Waals surface area contributed by atoms with Gasteiger partial charge in [-0.05, 0) is 52.6 Å². The lowest BCUT2D eigenvalue weighted by atomic mass is 9.98. The van der Waals surface area contributed by atoms with E-state index in [4.69, 9.17) is 4.74 Å². The van der Waals surface area contributed by atoms with E-state index in [0.29, 0.717) is 41.3 Å². The average molecular weight is 620 g/mol. The minimum absolute atomic E-state index is 0.133. The predicted octanol–water partition coefficient (Wildman–Crippen LogP) is 4.90. The molecule has 230 valence electrons. The van der Waals surface area contributed by atoms with Crippen molar-refractivity contribution in [3.63, 3.8) is 0 Å². The molecule has 2 aromatic heterocycles. The van der Waals surface area contributed by atoms with Crippen molar-refractivity contribution >= 4 is 22.9 Å². The molecule has 0 aliphatic heterocycles. The quantitative estimate of drug-likeness (QED) is 0.154. The summed E-state index contributed by atoms with van der Waals surface area (Å²) >= 11 is 0. The van der Waals surface area contributed by atoms with E-state index in [1.165, 1.54) is 6.07 Å². The molecule has 4 aromatic carbocycles. The summed E-state index contributed by atoms with van der Waals surface area (Å²) < 4.78 is 7.50. The molecule has 2 heterocycles. The van der Waals surface area contributed by atoms with Gasteiger partial charge in [0.05, 0.1) is 29.7 Å². The maximum absolute atomic E-state index is 13.2. The molecule has 0 radical (unpaired) electrons. The summed E-state index contributed by atoms with van der Waals surface area (Å²) in [7, 11) is 0. The number of tetrazole rings is 1. The molecule has 46 heavy (non-hydrogen) atoms. The lowest BCUT2D eigenvalue weighted by Crippen LogP contribution is -2.18. The molecule has 0 atom stereocenters. The van der Waals surface area contributed by atoms with E-state index in [2.05, 4.69) is 25.2 Å². The van der Waals surface area contributed by atoms with Crippen molar-refractivity contribution in [2.45, 2.75) is 20.1 Å². The summed E-state index contributed by atoms with van der Waals surface area (Å²) in [6, 6.07) is 26.7. The minimum atomic E-state index is -1.05. The van der Waals surface area contributed by atoms with E-state index in [0.717, 1.165) is 21.5 Å². The molecule has 0 amide bonds. The molecule has 0 saturated carbocycles. The van der Waals surface area contributed by atoms with Gasteiger partial charge in [0.15, 0.2) is 0 Å². The zero-order chi connectivity index (χ0) is 32.2. The summed E-state index contributed by atoms with van der Waals surface area (Å²) in [5.41, 5.74) is 4.74. The third-order valence-electron chi connectivity index (χ3n) is 7.18. The molecule has 0 saturated heterocycles. The molecule has 6 rings (SSSR count). The molecule has 0 aliphatic rings. The summed E-state index contributed by atoms with van der Waals surface area (Å²) in [6.07, 6.45) is 0. The van der Waals surface area contributed by atoms with Crippen LogP contribution in [0.3, 0.4) is 0 Å². The Morgan fingerprint density at radius 3 is 2.37 bits per heavy atom. The Morgan fingerprint density at radius 2 is 1.63 bits per heavy atom. The molecule has 0 aliphatic carbocycles. The minimum Gasteiger partial charge on any atom is -0.478 e. The summed E-state index contributed by atoms with van der Waals surface area (Å²) in [6.45, 7) is 2.13. The first-order valence-electron chi connectivity index (χ1n) is 14.1. The summed E-state index contributed by atoms with van der Waals surface area (Å²) in [5, 5.41) is 31.9. The van der Waals surface area contributed by atoms with Crippen LogP contribution in [0, 0.1) is 10.1 Å². The smallest absolute Gasteiger partial charge is 0.337 e. The fourth-order valence-corrected chi connectivity index (χ4v) is 5.12. The number of aromatic nitrogens is 6. The topological polar surface area (TPSA) is 177 Å². The van der Waals surface area contributed by atoms with Crippen molar-refractivity contribution in [3.05, 3.63) is 123 Å². The Kier molecular flexibility index (Phi) is 8.15. The molecular weight excluding hydrogens is 594 g/mol. The highest BCUT2D eigenvalue weighted by atomic mass is 16.9. The molecule has 0 bridgehead atoms. The van der Waals surface area contributed by atoms with E-state index in [1.807, 2.05) is 55.5 Å². The third-order valence-corrected chi connectivity index (χ3v) is 7.18. The summed E-state index contributed by atoms with van der Waals surface area (Å²) in [5.74, 6) is -1.46. The Morgan fingerprint density at radius 1 is 0.913 bits per heavy atom. The first-order chi connectivity index (χ1) is 22.3. The molecule has 0 spiro atoms. The number of rotatable bonds is 11. The molecule has 14 nitrogen and oxygen atoms in total. The van der Waals surface area contributed by atoms with Crippen LogP contribution in [-0.4, -0.2) is 58.4 Å². The fraction of sp³-hybridized carbons (Fsp3) is 0.125. The van der Waals surface area contributed by atoms with Crippen molar-refractivity contribution in [3.8, 4) is 28.5 Å². The zero-order valence-electron chi connectivity index (χ0n) is 24.3. The number of ether oxygens (including phenoxy) is 1. The standard InChI is InChI=1S/C32H25N7O7/c1-2-45-32-33-27-13-7-12-26(31(41)42)28(27)37(32)18-20-14-16-21(17-15-20)23-9-5-6-11-25(23)29-34-36-38(35-29)30(40)24-10-4-3-8-22(24)19-46-39(43)44/h3-17H,2,18-19H2,1H3,(H,41,42). The van der Waals surface area contributed by atoms with Crippen molar-refractivity contribution in [1.29, 1.82) is 0 Å². The number of fused-ring (bicyclic) bond motifs is 1. The van der Waals surface area contributed by atoms with E-state index in [1.54, 1.807) is 41.0 Å². The second-order valence-electron chi connectivity index (χ2n) is 10.00. The van der Waals surface area contributed by atoms with Crippen molar-refractivity contribution in [2.75, 3.05) is 6.61 Å². The number of nitrogens with zero attached hydrogens (tertiary/aromatic N) is 7. The van der Waals surface area contributed by atoms with E-state index in [-0.39, 0.29) is 17.0 Å². The Hall–Kier alpha value is -6.44. The lowest BCUT2D eigenvalue weighted by molar-refractivity contribution is -0.763. The number of hydrogen-bond donors (Lipinski definition) is 1. The van der Waals surface area contributed by atoms with Gasteiger partial charge in [0.25, 0.3) is 17.0 Å². The van der Waals surface area contributed by atoms with Gasteiger partial charge in [-0.1, -0.05) is 77.6 Å². The highest BCUT2D eigenvalue weighted by Gasteiger charge is 2.21. The van der Waals surface area contributed by atoms with Gasteiger partial charge in [0.2, 0.25) is 5.82 Å². The number of carbonyl (C=O) groups is 2. The van der Waals surface area contributed by atoms with Gasteiger partial charge in [-0.2, -0.15) is 4.98 Å². The maximum Gasteiger partial charge on any atom is 0.337 e. The predicted molar refractivity (Wildman–Crippen MR) is 164 cm³/mol. The van der Waals surface area contributed by atoms with Gasteiger partial charge in [0.1, 0.15) is 6.61 Å². The van der Waals surface area contributed by atoms with Gasteiger partial charge < -0.3 is 14.7 Å². The number of carbonyl (C=O) groups excluding carboxylic acids is 1. The van der Waals surface area contributed by atoms with E-state index < -0.39 is 23.6 Å². The SMILES string of the molecule is CCOc1nc2cccc(C(=O)O)c2n1Cc1ccc(-c2ccccc2-c2nnn(C(=O)c3ccccc3CO[N+](=O)[O-])n2)cc1. The molecule has 6 aromatic rings. The van der Waals surface area contributed by atoms with Gasteiger partial charge >= 0.3 is 5.97 Å².